The highest BCUT2D eigenvalue weighted by molar-refractivity contribution is 6.34. The van der Waals surface area contributed by atoms with Crippen molar-refractivity contribution in [3.05, 3.63) is 46.6 Å². The van der Waals surface area contributed by atoms with Crippen molar-refractivity contribution < 1.29 is 41.8 Å². The van der Waals surface area contributed by atoms with Crippen molar-refractivity contribution in [2.75, 3.05) is 29.3 Å². The first kappa shape index (κ1) is 30.7. The van der Waals surface area contributed by atoms with Gasteiger partial charge in [0.2, 0.25) is 5.91 Å². The molecule has 0 radical (unpaired) electrons. The number of ether oxygens (including phenoxy) is 2. The molecule has 1 saturated heterocycles. The Balaban J connectivity index is 2.09. The van der Waals surface area contributed by atoms with Crippen LogP contribution in [0.15, 0.2) is 30.3 Å². The molecule has 1 aromatic carbocycles. The van der Waals surface area contributed by atoms with Gasteiger partial charge in [0, 0.05) is 19.2 Å². The smallest absolute Gasteiger partial charge is 0.416 e. The van der Waals surface area contributed by atoms with Crippen LogP contribution in [0.2, 0.25) is 5.02 Å². The van der Waals surface area contributed by atoms with Gasteiger partial charge in [0.05, 0.1) is 35.0 Å². The minimum Gasteiger partial charge on any atom is -0.469 e. The molecule has 1 aliphatic heterocycles. The number of hydrogen-bond donors (Lipinski definition) is 1. The molecule has 40 heavy (non-hydrogen) atoms. The predicted molar refractivity (Wildman–Crippen MR) is 140 cm³/mol. The van der Waals surface area contributed by atoms with Gasteiger partial charge in [-0.15, -0.1) is 0 Å². The maximum atomic E-state index is 13.9. The van der Waals surface area contributed by atoms with E-state index in [0.29, 0.717) is 6.07 Å². The van der Waals surface area contributed by atoms with E-state index in [1.165, 1.54) is 32.2 Å². The monoisotopic (exact) mass is 584 g/mol. The van der Waals surface area contributed by atoms with Gasteiger partial charge in [0.1, 0.15) is 17.5 Å². The number of rotatable bonds is 5. The van der Waals surface area contributed by atoms with Gasteiger partial charge in [-0.2, -0.15) is 13.2 Å². The summed E-state index contributed by atoms with van der Waals surface area (Å²) in [6.45, 7) is 6.26. The third-order valence-electron chi connectivity index (χ3n) is 5.90. The van der Waals surface area contributed by atoms with Crippen molar-refractivity contribution in [1.82, 2.24) is 4.98 Å². The largest absolute Gasteiger partial charge is 0.469 e. The molecule has 10 nitrogen and oxygen atoms in total. The van der Waals surface area contributed by atoms with Crippen LogP contribution in [0.3, 0.4) is 0 Å². The van der Waals surface area contributed by atoms with Crippen LogP contribution in [-0.4, -0.2) is 54.7 Å². The number of halogens is 4. The molecular weight excluding hydrogens is 557 g/mol. The Bertz CT molecular complexity index is 1340. The lowest BCUT2D eigenvalue weighted by atomic mass is 9.98. The van der Waals surface area contributed by atoms with E-state index < -0.39 is 65.4 Å². The highest BCUT2D eigenvalue weighted by atomic mass is 35.5. The van der Waals surface area contributed by atoms with Gasteiger partial charge in [-0.1, -0.05) is 17.7 Å². The number of benzene rings is 1. The number of aromatic nitrogens is 1. The third kappa shape index (κ3) is 6.64. The number of carbonyl (C=O) groups is 4. The Morgan fingerprint density at radius 1 is 1.18 bits per heavy atom. The molecule has 14 heteroatoms. The van der Waals surface area contributed by atoms with E-state index in [-0.39, 0.29) is 22.1 Å². The fraction of sp³-hybridized carbons (Fsp3) is 0.423. The maximum absolute atomic E-state index is 13.9. The van der Waals surface area contributed by atoms with Crippen molar-refractivity contribution in [1.29, 1.82) is 0 Å². The van der Waals surface area contributed by atoms with Crippen LogP contribution in [0.5, 0.6) is 0 Å². The average Bonchev–Trinajstić information content (AvgIpc) is 3.18. The molecule has 0 aliphatic carbocycles. The van der Waals surface area contributed by atoms with E-state index in [2.05, 4.69) is 10.3 Å². The molecule has 1 N–H and O–H groups in total. The van der Waals surface area contributed by atoms with E-state index in [9.17, 15) is 32.3 Å². The summed E-state index contributed by atoms with van der Waals surface area (Å²) in [5.74, 6) is -4.39. The molecule has 2 atom stereocenters. The van der Waals surface area contributed by atoms with Crippen LogP contribution < -0.4 is 15.1 Å². The molecule has 0 saturated carbocycles. The fourth-order valence-corrected chi connectivity index (χ4v) is 4.44. The Hall–Kier alpha value is -3.87. The lowest BCUT2D eigenvalue weighted by molar-refractivity contribution is -0.147. The molecule has 216 valence electrons. The van der Waals surface area contributed by atoms with Crippen molar-refractivity contribution in [2.45, 2.75) is 51.9 Å². The number of para-hydroxylation sites is 1. The lowest BCUT2D eigenvalue weighted by Crippen LogP contribution is -2.50. The van der Waals surface area contributed by atoms with Crippen LogP contribution in [0, 0.1) is 12.8 Å². The first-order valence-electron chi connectivity index (χ1n) is 12.0. The SMILES string of the molecule is COC(=O)C1CC(=O)N(c2cc(C(F)(F)F)cc(C)n2)C1C(=O)N(C)c1cccc(Cl)c1NC(=O)OC(C)(C)C. The van der Waals surface area contributed by atoms with Crippen LogP contribution in [0.25, 0.3) is 0 Å². The number of pyridine rings is 1. The summed E-state index contributed by atoms with van der Waals surface area (Å²) >= 11 is 6.32. The quantitative estimate of drug-likeness (QED) is 0.493. The molecule has 2 unspecified atom stereocenters. The molecule has 1 fully saturated rings. The van der Waals surface area contributed by atoms with Crippen molar-refractivity contribution in [2.24, 2.45) is 5.92 Å². The second-order valence-corrected chi connectivity index (χ2v) is 10.5. The van der Waals surface area contributed by atoms with E-state index in [4.69, 9.17) is 21.1 Å². The predicted octanol–water partition coefficient (Wildman–Crippen LogP) is 4.97. The molecule has 0 bridgehead atoms. The van der Waals surface area contributed by atoms with Crippen molar-refractivity contribution in [3.8, 4) is 0 Å². The maximum Gasteiger partial charge on any atom is 0.416 e. The molecule has 2 heterocycles. The topological polar surface area (TPSA) is 118 Å². The summed E-state index contributed by atoms with van der Waals surface area (Å²) in [7, 11) is 2.36. The van der Waals surface area contributed by atoms with Gasteiger partial charge in [0.15, 0.2) is 0 Å². The number of carbonyl (C=O) groups excluding carboxylic acids is 4. The summed E-state index contributed by atoms with van der Waals surface area (Å²) in [4.78, 5) is 58.0. The highest BCUT2D eigenvalue weighted by Gasteiger charge is 2.51. The summed E-state index contributed by atoms with van der Waals surface area (Å²) in [5, 5.41) is 2.54. The zero-order chi connectivity index (χ0) is 30.2. The van der Waals surface area contributed by atoms with E-state index in [0.717, 1.165) is 23.0 Å². The van der Waals surface area contributed by atoms with Crippen LogP contribution in [0.4, 0.5) is 35.2 Å². The molecule has 3 amide bonds. The number of esters is 1. The van der Waals surface area contributed by atoms with E-state index >= 15 is 0 Å². The summed E-state index contributed by atoms with van der Waals surface area (Å²) in [5.41, 5.74) is -1.92. The number of hydrogen-bond acceptors (Lipinski definition) is 7. The second kappa shape index (κ2) is 11.3. The van der Waals surface area contributed by atoms with Crippen molar-refractivity contribution in [3.63, 3.8) is 0 Å². The van der Waals surface area contributed by atoms with E-state index in [1.807, 2.05) is 0 Å². The first-order valence-corrected chi connectivity index (χ1v) is 12.3. The summed E-state index contributed by atoms with van der Waals surface area (Å²) < 4.78 is 50.7. The zero-order valence-electron chi connectivity index (χ0n) is 22.6. The number of amides is 3. The van der Waals surface area contributed by atoms with Gasteiger partial charge in [-0.3, -0.25) is 24.6 Å². The molecule has 2 aromatic rings. The fourth-order valence-electron chi connectivity index (χ4n) is 4.23. The Morgan fingerprint density at radius 2 is 1.82 bits per heavy atom. The number of anilines is 3. The van der Waals surface area contributed by atoms with Gasteiger partial charge in [-0.25, -0.2) is 9.78 Å². The number of nitrogens with one attached hydrogen (secondary N) is 1. The number of aryl methyl sites for hydroxylation is 1. The number of alkyl halides is 3. The van der Waals surface area contributed by atoms with Crippen LogP contribution in [0.1, 0.15) is 38.4 Å². The Morgan fingerprint density at radius 3 is 2.40 bits per heavy atom. The molecular formula is C26H28ClF3N4O6. The number of likely N-dealkylation sites (N-methyl/N-ethyl adjacent to an activating group) is 1. The highest BCUT2D eigenvalue weighted by Crippen LogP contribution is 2.39. The van der Waals surface area contributed by atoms with Crippen LogP contribution in [-0.2, 0) is 30.0 Å². The average molecular weight is 585 g/mol. The van der Waals surface area contributed by atoms with Gasteiger partial charge in [0.25, 0.3) is 5.91 Å². The summed E-state index contributed by atoms with van der Waals surface area (Å²) in [6.07, 6.45) is -6.13. The van der Waals surface area contributed by atoms with E-state index in [1.54, 1.807) is 20.8 Å². The summed E-state index contributed by atoms with van der Waals surface area (Å²) in [6, 6.07) is 4.21. The Labute approximate surface area is 233 Å². The minimum atomic E-state index is -4.76. The number of nitrogens with zero attached hydrogens (tertiary/aromatic N) is 3. The molecule has 1 aromatic heterocycles. The first-order chi connectivity index (χ1) is 18.4. The normalized spacial score (nSPS) is 17.4. The molecule has 0 spiro atoms. The van der Waals surface area contributed by atoms with Gasteiger partial charge >= 0.3 is 18.2 Å². The minimum absolute atomic E-state index is 0.00667. The Kier molecular flexibility index (Phi) is 8.68. The standard InChI is InChI=1S/C26H28ClF3N4O6/c1-13-10-14(26(28,29)30)11-18(31-13)34-19(35)12-15(23(37)39-6)21(34)22(36)33(5)17-9-7-8-16(27)20(17)32-24(38)40-25(2,3)4/h7-11,15,21H,12H2,1-6H3,(H,32,38). The molecule has 1 aliphatic rings. The third-order valence-corrected chi connectivity index (χ3v) is 6.22. The lowest BCUT2D eigenvalue weighted by Gasteiger charge is -2.31. The second-order valence-electron chi connectivity index (χ2n) is 10.1. The number of methoxy groups -OCH3 is 1. The van der Waals surface area contributed by atoms with Crippen molar-refractivity contribution >= 4 is 52.7 Å². The zero-order valence-corrected chi connectivity index (χ0v) is 23.3. The van der Waals surface area contributed by atoms with Gasteiger partial charge < -0.3 is 14.4 Å². The van der Waals surface area contributed by atoms with Gasteiger partial charge in [-0.05, 0) is 52.0 Å². The van der Waals surface area contributed by atoms with Crippen LogP contribution >= 0.6 is 11.6 Å². The molecule has 3 rings (SSSR count).